The van der Waals surface area contributed by atoms with Crippen molar-refractivity contribution < 1.29 is 18.7 Å². The molecule has 1 aliphatic heterocycles. The Morgan fingerprint density at radius 1 is 1.65 bits per heavy atom. The average Bonchev–Trinajstić information content (AvgIpc) is 2.72. The summed E-state index contributed by atoms with van der Waals surface area (Å²) in [5.74, 6) is -0.145. The fourth-order valence-electron chi connectivity index (χ4n) is 1.72. The summed E-state index contributed by atoms with van der Waals surface area (Å²) in [4.78, 5) is 23.0. The Labute approximate surface area is 98.4 Å². The summed E-state index contributed by atoms with van der Waals surface area (Å²) in [6.07, 6.45) is 3.37. The lowest BCUT2D eigenvalue weighted by atomic mass is 10.1. The zero-order valence-corrected chi connectivity index (χ0v) is 9.49. The van der Waals surface area contributed by atoms with Crippen LogP contribution in [0, 0.1) is 0 Å². The third kappa shape index (κ3) is 2.38. The summed E-state index contributed by atoms with van der Waals surface area (Å²) in [6, 6.07) is 1.59. The van der Waals surface area contributed by atoms with Crippen LogP contribution in [0.4, 0.5) is 0 Å². The van der Waals surface area contributed by atoms with Gasteiger partial charge in [0.25, 0.3) is 5.91 Å². The highest BCUT2D eigenvalue weighted by Crippen LogP contribution is 2.25. The predicted molar refractivity (Wildman–Crippen MR) is 60.3 cm³/mol. The first-order valence-corrected chi connectivity index (χ1v) is 5.45. The molecule has 0 bridgehead atoms. The maximum Gasteiger partial charge on any atom is 0.331 e. The average molecular weight is 235 g/mol. The first-order valence-electron chi connectivity index (χ1n) is 5.45. The number of carbonyl (C=O) groups excluding carboxylic acids is 2. The molecule has 1 aromatic rings. The van der Waals surface area contributed by atoms with Crippen LogP contribution in [0.2, 0.25) is 0 Å². The van der Waals surface area contributed by atoms with Crippen molar-refractivity contribution in [2.24, 2.45) is 0 Å². The lowest BCUT2D eigenvalue weighted by molar-refractivity contribution is -0.137. The third-order valence-electron chi connectivity index (χ3n) is 2.46. The number of carbonyl (C=O) groups is 2. The molecule has 0 saturated heterocycles. The minimum absolute atomic E-state index is 0.180. The third-order valence-corrected chi connectivity index (χ3v) is 2.46. The maximum atomic E-state index is 11.6. The molecule has 17 heavy (non-hydrogen) atoms. The first-order chi connectivity index (χ1) is 8.22. The maximum absolute atomic E-state index is 11.6. The van der Waals surface area contributed by atoms with Crippen molar-refractivity contribution in [2.45, 2.75) is 13.3 Å². The van der Waals surface area contributed by atoms with E-state index < -0.39 is 5.97 Å². The highest BCUT2D eigenvalue weighted by molar-refractivity contribution is 6.01. The summed E-state index contributed by atoms with van der Waals surface area (Å²) in [5, 5.41) is 2.73. The van der Waals surface area contributed by atoms with Gasteiger partial charge in [-0.05, 0) is 19.4 Å². The number of esters is 1. The lowest BCUT2D eigenvalue weighted by Gasteiger charge is -2.01. The second-order valence-electron chi connectivity index (χ2n) is 3.59. The first kappa shape index (κ1) is 11.4. The molecule has 2 rings (SSSR count). The van der Waals surface area contributed by atoms with E-state index in [0.717, 1.165) is 0 Å². The molecule has 0 radical (unpaired) electrons. The van der Waals surface area contributed by atoms with Crippen LogP contribution in [-0.4, -0.2) is 25.0 Å². The van der Waals surface area contributed by atoms with E-state index in [1.54, 1.807) is 13.0 Å². The predicted octanol–water partition coefficient (Wildman–Crippen LogP) is 1.36. The van der Waals surface area contributed by atoms with Gasteiger partial charge in [0.05, 0.1) is 18.4 Å². The molecule has 5 heteroatoms. The molecule has 90 valence electrons. The summed E-state index contributed by atoms with van der Waals surface area (Å²) in [7, 11) is 0. The van der Waals surface area contributed by atoms with Crippen LogP contribution < -0.4 is 5.32 Å². The van der Waals surface area contributed by atoms with Crippen LogP contribution in [0.5, 0.6) is 0 Å². The number of fused-ring (bicyclic) bond motifs is 1. The van der Waals surface area contributed by atoms with E-state index >= 15 is 0 Å². The zero-order valence-electron chi connectivity index (χ0n) is 9.49. The largest absolute Gasteiger partial charge is 0.464 e. The quantitative estimate of drug-likeness (QED) is 0.620. The van der Waals surface area contributed by atoms with Crippen LogP contribution in [-0.2, 0) is 9.53 Å². The minimum atomic E-state index is -0.417. The van der Waals surface area contributed by atoms with Crippen LogP contribution in [0.3, 0.4) is 0 Å². The summed E-state index contributed by atoms with van der Waals surface area (Å²) in [6.45, 7) is 2.55. The SMILES string of the molecule is CCOC(=O)/C=C1\CCNC(=O)c2ccoc21. The molecule has 0 unspecified atom stereocenters. The monoisotopic (exact) mass is 235 g/mol. The Bertz CT molecular complexity index is 473. The van der Waals surface area contributed by atoms with Crippen molar-refractivity contribution in [3.8, 4) is 0 Å². The van der Waals surface area contributed by atoms with Crippen molar-refractivity contribution in [3.05, 3.63) is 29.7 Å². The Morgan fingerprint density at radius 2 is 2.47 bits per heavy atom. The highest BCUT2D eigenvalue weighted by atomic mass is 16.5. The van der Waals surface area contributed by atoms with Gasteiger partial charge in [-0.1, -0.05) is 0 Å². The number of rotatable bonds is 2. The molecule has 1 aliphatic rings. The Kier molecular flexibility index (Phi) is 3.27. The van der Waals surface area contributed by atoms with Gasteiger partial charge in [-0.15, -0.1) is 0 Å². The molecule has 5 nitrogen and oxygen atoms in total. The molecular formula is C12H13NO4. The Hall–Kier alpha value is -2.04. The Balaban J connectivity index is 2.33. The van der Waals surface area contributed by atoms with Crippen LogP contribution >= 0.6 is 0 Å². The number of hydrogen-bond acceptors (Lipinski definition) is 4. The molecule has 0 fully saturated rings. The Morgan fingerprint density at radius 3 is 3.24 bits per heavy atom. The van der Waals surface area contributed by atoms with Gasteiger partial charge in [0.15, 0.2) is 0 Å². The van der Waals surface area contributed by atoms with E-state index in [9.17, 15) is 9.59 Å². The van der Waals surface area contributed by atoms with Crippen molar-refractivity contribution >= 4 is 17.4 Å². The lowest BCUT2D eigenvalue weighted by Crippen LogP contribution is -2.22. The molecule has 2 heterocycles. The van der Waals surface area contributed by atoms with E-state index in [1.165, 1.54) is 12.3 Å². The fourth-order valence-corrected chi connectivity index (χ4v) is 1.72. The van der Waals surface area contributed by atoms with Gasteiger partial charge in [-0.2, -0.15) is 0 Å². The van der Waals surface area contributed by atoms with E-state index in [4.69, 9.17) is 9.15 Å². The van der Waals surface area contributed by atoms with Gasteiger partial charge in [0.2, 0.25) is 0 Å². The van der Waals surface area contributed by atoms with Crippen molar-refractivity contribution in [1.29, 1.82) is 0 Å². The van der Waals surface area contributed by atoms with Crippen molar-refractivity contribution in [3.63, 3.8) is 0 Å². The second kappa shape index (κ2) is 4.86. The van der Waals surface area contributed by atoms with E-state index in [-0.39, 0.29) is 5.91 Å². The smallest absolute Gasteiger partial charge is 0.331 e. The van der Waals surface area contributed by atoms with E-state index in [0.29, 0.717) is 36.5 Å². The number of furan rings is 1. The van der Waals surface area contributed by atoms with Gasteiger partial charge in [-0.25, -0.2) is 4.79 Å². The number of hydrogen-bond donors (Lipinski definition) is 1. The molecular weight excluding hydrogens is 222 g/mol. The van der Waals surface area contributed by atoms with Crippen LogP contribution in [0.25, 0.3) is 5.57 Å². The molecule has 0 saturated carbocycles. The fraction of sp³-hybridized carbons (Fsp3) is 0.333. The van der Waals surface area contributed by atoms with Crippen LogP contribution in [0.15, 0.2) is 22.8 Å². The number of nitrogens with one attached hydrogen (secondary N) is 1. The highest BCUT2D eigenvalue weighted by Gasteiger charge is 2.22. The van der Waals surface area contributed by atoms with Crippen molar-refractivity contribution in [2.75, 3.05) is 13.2 Å². The normalized spacial score (nSPS) is 17.2. The topological polar surface area (TPSA) is 68.5 Å². The second-order valence-corrected chi connectivity index (χ2v) is 3.59. The van der Waals surface area contributed by atoms with Crippen LogP contribution in [0.1, 0.15) is 29.5 Å². The van der Waals surface area contributed by atoms with Crippen molar-refractivity contribution in [1.82, 2.24) is 5.32 Å². The molecule has 0 atom stereocenters. The molecule has 1 amide bonds. The molecule has 0 aromatic carbocycles. The number of ether oxygens (including phenoxy) is 1. The summed E-state index contributed by atoms with van der Waals surface area (Å²) in [5.41, 5.74) is 1.14. The van der Waals surface area contributed by atoms with E-state index in [2.05, 4.69) is 5.32 Å². The summed E-state index contributed by atoms with van der Waals surface area (Å²) < 4.78 is 10.1. The zero-order chi connectivity index (χ0) is 12.3. The molecule has 0 spiro atoms. The summed E-state index contributed by atoms with van der Waals surface area (Å²) >= 11 is 0. The van der Waals surface area contributed by atoms with Gasteiger partial charge in [0, 0.05) is 18.2 Å². The van der Waals surface area contributed by atoms with E-state index in [1.807, 2.05) is 0 Å². The van der Waals surface area contributed by atoms with Gasteiger partial charge >= 0.3 is 5.97 Å². The van der Waals surface area contributed by atoms with Gasteiger partial charge in [-0.3, -0.25) is 4.79 Å². The number of amides is 1. The van der Waals surface area contributed by atoms with Gasteiger partial charge < -0.3 is 14.5 Å². The minimum Gasteiger partial charge on any atom is -0.464 e. The van der Waals surface area contributed by atoms with Gasteiger partial charge in [0.1, 0.15) is 5.76 Å². The molecule has 1 N–H and O–H groups in total. The molecule has 1 aromatic heterocycles. The standard InChI is InChI=1S/C12H13NO4/c1-2-16-10(14)7-8-3-5-13-12(15)9-4-6-17-11(8)9/h4,6-7H,2-3,5H2,1H3,(H,13,15)/b8-7+. The molecule has 0 aliphatic carbocycles.